The molecule has 0 aliphatic rings. The fourth-order valence-corrected chi connectivity index (χ4v) is 3.05. The van der Waals surface area contributed by atoms with Gasteiger partial charge in [0.1, 0.15) is 11.0 Å². The van der Waals surface area contributed by atoms with Crippen LogP contribution in [0.3, 0.4) is 0 Å². The van der Waals surface area contributed by atoms with Crippen LogP contribution in [-0.4, -0.2) is 25.1 Å². The second-order valence-electron chi connectivity index (χ2n) is 5.50. The molecule has 0 N–H and O–H groups in total. The highest BCUT2D eigenvalue weighted by molar-refractivity contribution is 6.22. The summed E-state index contributed by atoms with van der Waals surface area (Å²) in [5.74, 6) is 0.910. The number of hydrogen-bond acceptors (Lipinski definition) is 5. The number of benzene rings is 3. The molecule has 0 saturated heterocycles. The largest absolute Gasteiger partial charge is 0.234 e. The second kappa shape index (κ2) is 5.03. The molecule has 5 aromatic rings. The molecule has 5 rings (SSSR count). The van der Waals surface area contributed by atoms with Crippen molar-refractivity contribution in [3.05, 3.63) is 67.0 Å². The van der Waals surface area contributed by atoms with Crippen LogP contribution in [-0.2, 0) is 0 Å². The van der Waals surface area contributed by atoms with E-state index >= 15 is 0 Å². The molecule has 0 atom stereocenters. The van der Waals surface area contributed by atoms with Crippen molar-refractivity contribution in [2.45, 2.75) is 0 Å². The lowest BCUT2D eigenvalue weighted by Crippen LogP contribution is -1.98. The summed E-state index contributed by atoms with van der Waals surface area (Å²) in [4.78, 5) is 13.2. The van der Waals surface area contributed by atoms with Gasteiger partial charge in [-0.25, -0.2) is 15.0 Å². The Balaban J connectivity index is 1.96. The first kappa shape index (κ1) is 13.0. The second-order valence-corrected chi connectivity index (χ2v) is 5.50. The standard InChI is InChI=1S/C19H11N5/c1-3-8-14-12(6-1)13-7-2-4-9-15(13)17-16(14)22-19(24-23-17)18-20-10-5-11-21-18/h1-11H. The summed E-state index contributed by atoms with van der Waals surface area (Å²) in [6.07, 6.45) is 3.35. The third kappa shape index (κ3) is 1.85. The third-order valence-corrected chi connectivity index (χ3v) is 4.11. The molecule has 5 nitrogen and oxygen atoms in total. The van der Waals surface area contributed by atoms with Gasteiger partial charge in [-0.3, -0.25) is 0 Å². The third-order valence-electron chi connectivity index (χ3n) is 4.11. The van der Waals surface area contributed by atoms with Gasteiger partial charge in [-0.15, -0.1) is 10.2 Å². The van der Waals surface area contributed by atoms with E-state index in [0.717, 1.165) is 32.6 Å². The molecule has 3 aromatic carbocycles. The Hall–Kier alpha value is -3.47. The normalized spacial score (nSPS) is 11.3. The first-order valence-corrected chi connectivity index (χ1v) is 7.63. The van der Waals surface area contributed by atoms with Crippen molar-refractivity contribution in [1.29, 1.82) is 0 Å². The van der Waals surface area contributed by atoms with Gasteiger partial charge in [0.05, 0.1) is 0 Å². The number of aromatic nitrogens is 5. The molecule has 0 spiro atoms. The van der Waals surface area contributed by atoms with Crippen LogP contribution in [0.4, 0.5) is 0 Å². The summed E-state index contributed by atoms with van der Waals surface area (Å²) in [5, 5.41) is 13.1. The van der Waals surface area contributed by atoms with Crippen molar-refractivity contribution in [2.75, 3.05) is 0 Å². The number of hydrogen-bond donors (Lipinski definition) is 0. The Morgan fingerprint density at radius 3 is 1.75 bits per heavy atom. The van der Waals surface area contributed by atoms with Gasteiger partial charge < -0.3 is 0 Å². The summed E-state index contributed by atoms with van der Waals surface area (Å²) in [7, 11) is 0. The first-order valence-electron chi connectivity index (χ1n) is 7.63. The van der Waals surface area contributed by atoms with Crippen LogP contribution in [0.5, 0.6) is 0 Å². The molecule has 0 unspecified atom stereocenters. The molecule has 0 aliphatic heterocycles. The Morgan fingerprint density at radius 1 is 0.500 bits per heavy atom. The van der Waals surface area contributed by atoms with Crippen LogP contribution in [0, 0.1) is 0 Å². The van der Waals surface area contributed by atoms with Gasteiger partial charge in [-0.05, 0) is 16.8 Å². The van der Waals surface area contributed by atoms with E-state index in [4.69, 9.17) is 4.98 Å². The molecule has 0 radical (unpaired) electrons. The fourth-order valence-electron chi connectivity index (χ4n) is 3.05. The predicted octanol–water partition coefficient (Wildman–Crippen LogP) is 3.79. The average molecular weight is 309 g/mol. The van der Waals surface area contributed by atoms with Gasteiger partial charge >= 0.3 is 0 Å². The zero-order chi connectivity index (χ0) is 15.9. The minimum atomic E-state index is 0.434. The van der Waals surface area contributed by atoms with Gasteiger partial charge in [0, 0.05) is 23.2 Å². The van der Waals surface area contributed by atoms with Crippen molar-refractivity contribution in [3.8, 4) is 11.6 Å². The van der Waals surface area contributed by atoms with Crippen LogP contribution < -0.4 is 0 Å². The Morgan fingerprint density at radius 2 is 1.08 bits per heavy atom. The minimum Gasteiger partial charge on any atom is -0.234 e. The van der Waals surface area contributed by atoms with E-state index in [-0.39, 0.29) is 0 Å². The van der Waals surface area contributed by atoms with Crippen molar-refractivity contribution in [3.63, 3.8) is 0 Å². The molecule has 112 valence electrons. The maximum atomic E-state index is 4.73. The van der Waals surface area contributed by atoms with Gasteiger partial charge in [-0.2, -0.15) is 0 Å². The van der Waals surface area contributed by atoms with Crippen molar-refractivity contribution >= 4 is 32.6 Å². The van der Waals surface area contributed by atoms with E-state index in [1.54, 1.807) is 18.5 Å². The average Bonchev–Trinajstić information content (AvgIpc) is 2.68. The topological polar surface area (TPSA) is 64.5 Å². The summed E-state index contributed by atoms with van der Waals surface area (Å²) in [6, 6.07) is 18.2. The van der Waals surface area contributed by atoms with E-state index in [1.165, 1.54) is 0 Å². The predicted molar refractivity (Wildman–Crippen MR) is 93.4 cm³/mol. The number of fused-ring (bicyclic) bond motifs is 6. The van der Waals surface area contributed by atoms with Crippen LogP contribution in [0.15, 0.2) is 67.0 Å². The lowest BCUT2D eigenvalue weighted by Gasteiger charge is -2.08. The monoisotopic (exact) mass is 309 g/mol. The maximum absolute atomic E-state index is 4.73. The highest BCUT2D eigenvalue weighted by atomic mass is 15.2. The summed E-state index contributed by atoms with van der Waals surface area (Å²) >= 11 is 0. The number of nitrogens with zero attached hydrogens (tertiary/aromatic N) is 5. The molecule has 2 aromatic heterocycles. The van der Waals surface area contributed by atoms with Crippen LogP contribution in [0.2, 0.25) is 0 Å². The van der Waals surface area contributed by atoms with E-state index < -0.39 is 0 Å². The van der Waals surface area contributed by atoms with Crippen LogP contribution >= 0.6 is 0 Å². The lowest BCUT2D eigenvalue weighted by molar-refractivity contribution is 1.00. The number of rotatable bonds is 1. The molecular formula is C19H11N5. The quantitative estimate of drug-likeness (QED) is 0.441. The maximum Gasteiger partial charge on any atom is 0.220 e. The van der Waals surface area contributed by atoms with Crippen LogP contribution in [0.1, 0.15) is 0 Å². The molecule has 0 bridgehead atoms. The smallest absolute Gasteiger partial charge is 0.220 e. The van der Waals surface area contributed by atoms with E-state index in [2.05, 4.69) is 44.4 Å². The molecule has 0 aliphatic carbocycles. The summed E-state index contributed by atoms with van der Waals surface area (Å²) in [5.41, 5.74) is 1.62. The van der Waals surface area contributed by atoms with Crippen LogP contribution in [0.25, 0.3) is 44.2 Å². The Bertz CT molecular complexity index is 1170. The van der Waals surface area contributed by atoms with Gasteiger partial charge in [0.15, 0.2) is 5.82 Å². The zero-order valence-electron chi connectivity index (χ0n) is 12.6. The molecular weight excluding hydrogens is 298 g/mol. The van der Waals surface area contributed by atoms with Crippen molar-refractivity contribution < 1.29 is 0 Å². The molecule has 5 heteroatoms. The van der Waals surface area contributed by atoms with Gasteiger partial charge in [0.2, 0.25) is 5.82 Å². The summed E-state index contributed by atoms with van der Waals surface area (Å²) < 4.78 is 0. The van der Waals surface area contributed by atoms with Crippen molar-refractivity contribution in [1.82, 2.24) is 25.1 Å². The first-order chi connectivity index (χ1) is 11.9. The zero-order valence-corrected chi connectivity index (χ0v) is 12.6. The molecule has 0 saturated carbocycles. The molecule has 2 heterocycles. The van der Waals surface area contributed by atoms with Gasteiger partial charge in [-0.1, -0.05) is 48.5 Å². The highest BCUT2D eigenvalue weighted by Crippen LogP contribution is 2.32. The Kier molecular flexibility index (Phi) is 2.72. The molecule has 0 fully saturated rings. The molecule has 24 heavy (non-hydrogen) atoms. The minimum absolute atomic E-state index is 0.434. The van der Waals surface area contributed by atoms with E-state index in [0.29, 0.717) is 11.6 Å². The summed E-state index contributed by atoms with van der Waals surface area (Å²) in [6.45, 7) is 0. The SMILES string of the molecule is c1cnc(-c2nnc3c4ccccc4c4ccccc4c3n2)nc1. The Labute approximate surface area is 137 Å². The van der Waals surface area contributed by atoms with Crippen molar-refractivity contribution in [2.24, 2.45) is 0 Å². The molecule has 0 amide bonds. The lowest BCUT2D eigenvalue weighted by atomic mass is 10.00. The fraction of sp³-hybridized carbons (Fsp3) is 0. The van der Waals surface area contributed by atoms with E-state index in [9.17, 15) is 0 Å². The van der Waals surface area contributed by atoms with Gasteiger partial charge in [0.25, 0.3) is 0 Å². The highest BCUT2D eigenvalue weighted by Gasteiger charge is 2.13. The van der Waals surface area contributed by atoms with E-state index in [1.807, 2.05) is 24.3 Å².